The van der Waals surface area contributed by atoms with Gasteiger partial charge in [0.25, 0.3) is 0 Å². The number of hydrogen-bond donors (Lipinski definition) is 2. The lowest BCUT2D eigenvalue weighted by atomic mass is 10.1. The van der Waals surface area contributed by atoms with Crippen molar-refractivity contribution in [3.8, 4) is 23.1 Å². The summed E-state index contributed by atoms with van der Waals surface area (Å²) in [7, 11) is 0. The van der Waals surface area contributed by atoms with Gasteiger partial charge in [-0.2, -0.15) is 5.26 Å². The van der Waals surface area contributed by atoms with E-state index in [0.29, 0.717) is 23.4 Å². The maximum absolute atomic E-state index is 13.1. The van der Waals surface area contributed by atoms with E-state index in [1.165, 1.54) is 12.1 Å². The number of nitrogens with one attached hydrogen (secondary N) is 1. The number of rotatable bonds is 4. The highest BCUT2D eigenvalue weighted by Crippen LogP contribution is 2.30. The molecule has 2 N–H and O–H groups in total. The summed E-state index contributed by atoms with van der Waals surface area (Å²) in [5, 5.41) is 22.0. The fourth-order valence-electron chi connectivity index (χ4n) is 2.89. The number of aromatic nitrogens is 2. The van der Waals surface area contributed by atoms with Crippen LogP contribution in [0.3, 0.4) is 0 Å². The zero-order valence-electron chi connectivity index (χ0n) is 14.2. The summed E-state index contributed by atoms with van der Waals surface area (Å²) < 4.78 is 15.0. The van der Waals surface area contributed by atoms with Crippen molar-refractivity contribution in [2.75, 3.05) is 5.32 Å². The van der Waals surface area contributed by atoms with Gasteiger partial charge in [0.15, 0.2) is 0 Å². The smallest absolute Gasteiger partial charge is 0.140 e. The Morgan fingerprint density at radius 3 is 2.52 bits per heavy atom. The molecule has 0 aliphatic carbocycles. The van der Waals surface area contributed by atoms with Crippen LogP contribution in [0.2, 0.25) is 0 Å². The summed E-state index contributed by atoms with van der Waals surface area (Å²) in [5.41, 5.74) is 3.62. The van der Waals surface area contributed by atoms with Crippen molar-refractivity contribution >= 4 is 11.5 Å². The van der Waals surface area contributed by atoms with Crippen LogP contribution >= 0.6 is 0 Å². The van der Waals surface area contributed by atoms with Crippen LogP contribution in [0.1, 0.15) is 11.1 Å². The minimum absolute atomic E-state index is 0.176. The number of nitriles is 1. The van der Waals surface area contributed by atoms with Crippen molar-refractivity contribution in [1.82, 2.24) is 9.38 Å². The first kappa shape index (κ1) is 16.6. The monoisotopic (exact) mass is 358 g/mol. The summed E-state index contributed by atoms with van der Waals surface area (Å²) in [6.07, 6.45) is 1.79. The van der Waals surface area contributed by atoms with Gasteiger partial charge in [-0.1, -0.05) is 12.1 Å². The van der Waals surface area contributed by atoms with Gasteiger partial charge in [-0.25, -0.2) is 9.37 Å². The van der Waals surface area contributed by atoms with E-state index in [1.54, 1.807) is 54.7 Å². The Morgan fingerprint density at radius 1 is 1.07 bits per heavy atom. The van der Waals surface area contributed by atoms with Gasteiger partial charge >= 0.3 is 0 Å². The zero-order valence-corrected chi connectivity index (χ0v) is 14.2. The number of nitrogens with zero attached hydrogens (tertiary/aromatic N) is 3. The second-order valence-corrected chi connectivity index (χ2v) is 6.09. The fraction of sp³-hybridized carbons (Fsp3) is 0.0476. The Hall–Kier alpha value is -3.85. The molecule has 5 nitrogen and oxygen atoms in total. The van der Waals surface area contributed by atoms with Crippen molar-refractivity contribution in [3.05, 3.63) is 83.8 Å². The first-order chi connectivity index (χ1) is 13.1. The molecule has 0 bridgehead atoms. The predicted molar refractivity (Wildman–Crippen MR) is 101 cm³/mol. The van der Waals surface area contributed by atoms with Crippen LogP contribution in [0, 0.1) is 17.1 Å². The highest BCUT2D eigenvalue weighted by molar-refractivity contribution is 5.77. The zero-order chi connectivity index (χ0) is 18.8. The molecule has 0 aliphatic heterocycles. The third-order valence-corrected chi connectivity index (χ3v) is 4.27. The standard InChI is InChI=1S/C21H15FN4O/c22-17-5-1-14(2-6-17)13-24-21-20(16-3-7-18(27)8-4-16)25-19-11-15(12-23)9-10-26(19)21/h1-11,24,27H,13H2. The summed E-state index contributed by atoms with van der Waals surface area (Å²) in [4.78, 5) is 4.66. The largest absolute Gasteiger partial charge is 0.508 e. The Labute approximate surface area is 155 Å². The molecular weight excluding hydrogens is 343 g/mol. The second-order valence-electron chi connectivity index (χ2n) is 6.09. The molecule has 0 fully saturated rings. The highest BCUT2D eigenvalue weighted by Gasteiger charge is 2.14. The number of hydrogen-bond acceptors (Lipinski definition) is 4. The first-order valence-corrected chi connectivity index (χ1v) is 8.34. The highest BCUT2D eigenvalue weighted by atomic mass is 19.1. The fourth-order valence-corrected chi connectivity index (χ4v) is 2.89. The number of halogens is 1. The summed E-state index contributed by atoms with van der Waals surface area (Å²) in [5.74, 6) is 0.655. The van der Waals surface area contributed by atoms with E-state index in [0.717, 1.165) is 16.9 Å². The Morgan fingerprint density at radius 2 is 1.81 bits per heavy atom. The molecule has 2 aromatic carbocycles. The molecule has 132 valence electrons. The number of pyridine rings is 1. The number of phenols is 1. The van der Waals surface area contributed by atoms with E-state index in [4.69, 9.17) is 5.26 Å². The molecule has 6 heteroatoms. The minimum atomic E-state index is -0.276. The molecule has 0 atom stereocenters. The number of anilines is 1. The normalized spacial score (nSPS) is 10.7. The molecule has 0 aliphatic rings. The lowest BCUT2D eigenvalue weighted by molar-refractivity contribution is 0.475. The van der Waals surface area contributed by atoms with Gasteiger partial charge < -0.3 is 10.4 Å². The minimum Gasteiger partial charge on any atom is -0.508 e. The number of aromatic hydroxyl groups is 1. The van der Waals surface area contributed by atoms with Gasteiger partial charge in [0.2, 0.25) is 0 Å². The number of imidazole rings is 1. The van der Waals surface area contributed by atoms with Gasteiger partial charge in [-0.3, -0.25) is 4.40 Å². The number of benzene rings is 2. The van der Waals surface area contributed by atoms with Crippen molar-refractivity contribution in [2.24, 2.45) is 0 Å². The molecule has 0 saturated carbocycles. The SMILES string of the molecule is N#Cc1ccn2c(NCc3ccc(F)cc3)c(-c3ccc(O)cc3)nc2c1. The van der Waals surface area contributed by atoms with Crippen molar-refractivity contribution in [1.29, 1.82) is 5.26 Å². The van der Waals surface area contributed by atoms with Crippen LogP contribution in [0.4, 0.5) is 10.2 Å². The van der Waals surface area contributed by atoms with E-state index in [9.17, 15) is 9.50 Å². The molecule has 0 amide bonds. The molecule has 27 heavy (non-hydrogen) atoms. The van der Waals surface area contributed by atoms with Crippen LogP contribution in [0.25, 0.3) is 16.9 Å². The average molecular weight is 358 g/mol. The topological polar surface area (TPSA) is 73.3 Å². The maximum atomic E-state index is 13.1. The average Bonchev–Trinajstić information content (AvgIpc) is 3.05. The third-order valence-electron chi connectivity index (χ3n) is 4.27. The molecule has 2 heterocycles. The van der Waals surface area contributed by atoms with E-state index in [-0.39, 0.29) is 11.6 Å². The number of phenolic OH excluding ortho intramolecular Hbond substituents is 1. The van der Waals surface area contributed by atoms with E-state index in [2.05, 4.69) is 16.4 Å². The lowest BCUT2D eigenvalue weighted by Crippen LogP contribution is -2.03. The van der Waals surface area contributed by atoms with Gasteiger partial charge in [0, 0.05) is 18.3 Å². The molecule has 2 aromatic heterocycles. The van der Waals surface area contributed by atoms with Crippen LogP contribution in [-0.2, 0) is 6.54 Å². The Bertz CT molecular complexity index is 1140. The van der Waals surface area contributed by atoms with Crippen LogP contribution in [0.15, 0.2) is 66.9 Å². The Kier molecular flexibility index (Phi) is 4.19. The second kappa shape index (κ2) is 6.81. The summed E-state index contributed by atoms with van der Waals surface area (Å²) in [6, 6.07) is 18.6. The van der Waals surface area contributed by atoms with Crippen molar-refractivity contribution < 1.29 is 9.50 Å². The first-order valence-electron chi connectivity index (χ1n) is 8.34. The molecule has 0 unspecified atom stereocenters. The van der Waals surface area contributed by atoms with Crippen molar-refractivity contribution in [3.63, 3.8) is 0 Å². The van der Waals surface area contributed by atoms with Gasteiger partial charge in [0.05, 0.1) is 11.6 Å². The molecular formula is C21H15FN4O. The van der Waals surface area contributed by atoms with Crippen LogP contribution in [0.5, 0.6) is 5.75 Å². The predicted octanol–water partition coefficient (Wildman–Crippen LogP) is 4.33. The maximum Gasteiger partial charge on any atom is 0.140 e. The lowest BCUT2D eigenvalue weighted by Gasteiger charge is -2.09. The van der Waals surface area contributed by atoms with Crippen molar-refractivity contribution in [2.45, 2.75) is 6.54 Å². The molecule has 4 rings (SSSR count). The van der Waals surface area contributed by atoms with Gasteiger partial charge in [-0.05, 0) is 54.1 Å². The Balaban J connectivity index is 1.78. The van der Waals surface area contributed by atoms with Gasteiger partial charge in [0.1, 0.15) is 28.7 Å². The van der Waals surface area contributed by atoms with E-state index in [1.807, 2.05) is 4.40 Å². The quantitative estimate of drug-likeness (QED) is 0.569. The molecule has 0 radical (unpaired) electrons. The van der Waals surface area contributed by atoms with Crippen LogP contribution in [-0.4, -0.2) is 14.5 Å². The molecule has 0 spiro atoms. The van der Waals surface area contributed by atoms with Gasteiger partial charge in [-0.15, -0.1) is 0 Å². The number of fused-ring (bicyclic) bond motifs is 1. The molecule has 4 aromatic rings. The summed E-state index contributed by atoms with van der Waals surface area (Å²) >= 11 is 0. The van der Waals surface area contributed by atoms with E-state index < -0.39 is 0 Å². The van der Waals surface area contributed by atoms with E-state index >= 15 is 0 Å². The summed E-state index contributed by atoms with van der Waals surface area (Å²) in [6.45, 7) is 0.485. The van der Waals surface area contributed by atoms with Crippen LogP contribution < -0.4 is 5.32 Å². The molecule has 0 saturated heterocycles. The third kappa shape index (κ3) is 3.31.